The van der Waals surface area contributed by atoms with Crippen LogP contribution < -0.4 is 5.32 Å². The van der Waals surface area contributed by atoms with E-state index in [2.05, 4.69) is 5.32 Å². The molecule has 0 bridgehead atoms. The summed E-state index contributed by atoms with van der Waals surface area (Å²) in [5.74, 6) is -4.63. The van der Waals surface area contributed by atoms with Crippen molar-refractivity contribution >= 4 is 17.7 Å². The lowest BCUT2D eigenvalue weighted by Gasteiger charge is -2.36. The Morgan fingerprint density at radius 2 is 1.89 bits per heavy atom. The molecule has 1 atom stereocenters. The van der Waals surface area contributed by atoms with Gasteiger partial charge in [-0.15, -0.1) is 0 Å². The summed E-state index contributed by atoms with van der Waals surface area (Å²) in [5.41, 5.74) is 0. The van der Waals surface area contributed by atoms with Gasteiger partial charge in [0.1, 0.15) is 12.6 Å². The van der Waals surface area contributed by atoms with Crippen LogP contribution in [-0.2, 0) is 14.4 Å². The monoisotopic (exact) mass is 274 g/mol. The van der Waals surface area contributed by atoms with Crippen LogP contribution in [0.4, 0.5) is 8.78 Å². The highest BCUT2D eigenvalue weighted by Gasteiger charge is 2.41. The van der Waals surface area contributed by atoms with E-state index >= 15 is 0 Å². The third kappa shape index (κ3) is 2.90. The third-order valence-electron chi connectivity index (χ3n) is 3.77. The second kappa shape index (κ2) is 4.86. The van der Waals surface area contributed by atoms with E-state index in [1.54, 1.807) is 0 Å². The molecule has 5 nitrogen and oxygen atoms in total. The summed E-state index contributed by atoms with van der Waals surface area (Å²) in [5, 5.41) is 2.14. The molecular formula is C12H16F2N2O3. The number of imide groups is 1. The van der Waals surface area contributed by atoms with E-state index in [-0.39, 0.29) is 38.1 Å². The Labute approximate surface area is 109 Å². The average Bonchev–Trinajstić information content (AvgIpc) is 2.33. The second-order valence-electron chi connectivity index (χ2n) is 5.18. The molecule has 1 unspecified atom stereocenters. The van der Waals surface area contributed by atoms with Gasteiger partial charge in [0, 0.05) is 18.8 Å². The van der Waals surface area contributed by atoms with Crippen molar-refractivity contribution in [3.05, 3.63) is 0 Å². The van der Waals surface area contributed by atoms with Crippen molar-refractivity contribution in [2.75, 3.05) is 6.54 Å². The molecule has 1 aliphatic heterocycles. The van der Waals surface area contributed by atoms with E-state index in [0.717, 1.165) is 0 Å². The number of alkyl halides is 2. The molecule has 0 radical (unpaired) electrons. The van der Waals surface area contributed by atoms with E-state index in [0.29, 0.717) is 0 Å². The summed E-state index contributed by atoms with van der Waals surface area (Å²) in [6, 6.07) is -0.729. The van der Waals surface area contributed by atoms with E-state index in [1.807, 2.05) is 0 Å². The number of nitrogens with one attached hydrogen (secondary N) is 1. The maximum atomic E-state index is 13.0. The Hall–Kier alpha value is -1.53. The number of rotatable bonds is 1. The average molecular weight is 274 g/mol. The fourth-order valence-electron chi connectivity index (χ4n) is 2.50. The highest BCUT2D eigenvalue weighted by molar-refractivity contribution is 6.04. The third-order valence-corrected chi connectivity index (χ3v) is 3.77. The molecule has 106 valence electrons. The first kappa shape index (κ1) is 13.9. The Balaban J connectivity index is 2.03. The molecule has 1 aliphatic carbocycles. The standard InChI is InChI=1S/C12H16F2N2O3/c1-7-10(18)15-9(17)6-16(7)11(19)8-2-4-12(13,14)5-3-8/h7-8H,2-6H2,1H3,(H,15,17,18). The molecule has 0 aromatic heterocycles. The van der Waals surface area contributed by atoms with Gasteiger partial charge >= 0.3 is 0 Å². The van der Waals surface area contributed by atoms with Crippen molar-refractivity contribution in [2.45, 2.75) is 44.6 Å². The Bertz CT molecular complexity index is 415. The number of hydrogen-bond donors (Lipinski definition) is 1. The zero-order valence-electron chi connectivity index (χ0n) is 10.6. The fraction of sp³-hybridized carbons (Fsp3) is 0.750. The molecule has 1 saturated heterocycles. The van der Waals surface area contributed by atoms with Gasteiger partial charge in [-0.1, -0.05) is 0 Å². The van der Waals surface area contributed by atoms with Crippen LogP contribution >= 0.6 is 0 Å². The van der Waals surface area contributed by atoms with E-state index in [1.165, 1.54) is 11.8 Å². The summed E-state index contributed by atoms with van der Waals surface area (Å²) in [7, 11) is 0. The quantitative estimate of drug-likeness (QED) is 0.715. The Morgan fingerprint density at radius 3 is 2.47 bits per heavy atom. The van der Waals surface area contributed by atoms with Crippen molar-refractivity contribution in [2.24, 2.45) is 5.92 Å². The number of carbonyl (C=O) groups is 3. The number of nitrogens with zero attached hydrogens (tertiary/aromatic N) is 1. The number of amides is 3. The van der Waals surface area contributed by atoms with Gasteiger partial charge in [-0.25, -0.2) is 8.78 Å². The summed E-state index contributed by atoms with van der Waals surface area (Å²) >= 11 is 0. The number of carbonyl (C=O) groups excluding carboxylic acids is 3. The SMILES string of the molecule is CC1C(=O)NC(=O)CN1C(=O)C1CCC(F)(F)CC1. The van der Waals surface area contributed by atoms with Crippen LogP contribution in [0.25, 0.3) is 0 Å². The molecule has 19 heavy (non-hydrogen) atoms. The highest BCUT2D eigenvalue weighted by Crippen LogP contribution is 2.37. The highest BCUT2D eigenvalue weighted by atomic mass is 19.3. The summed E-state index contributed by atoms with van der Waals surface area (Å²) in [6.45, 7) is 1.34. The van der Waals surface area contributed by atoms with Gasteiger partial charge in [-0.05, 0) is 19.8 Å². The molecule has 1 saturated carbocycles. The molecule has 0 spiro atoms. The number of piperazine rings is 1. The molecule has 2 aliphatic rings. The van der Waals surface area contributed by atoms with Gasteiger partial charge in [-0.3, -0.25) is 19.7 Å². The summed E-state index contributed by atoms with van der Waals surface area (Å²) < 4.78 is 26.1. The maximum absolute atomic E-state index is 13.0. The molecule has 2 rings (SSSR count). The first-order valence-corrected chi connectivity index (χ1v) is 6.32. The lowest BCUT2D eigenvalue weighted by Crippen LogP contribution is -2.59. The molecule has 2 fully saturated rings. The van der Waals surface area contributed by atoms with E-state index < -0.39 is 29.7 Å². The van der Waals surface area contributed by atoms with Crippen molar-refractivity contribution in [3.8, 4) is 0 Å². The largest absolute Gasteiger partial charge is 0.321 e. The molecule has 1 N–H and O–H groups in total. The minimum absolute atomic E-state index is 0.102. The number of hydrogen-bond acceptors (Lipinski definition) is 3. The zero-order valence-corrected chi connectivity index (χ0v) is 10.6. The van der Waals surface area contributed by atoms with Gasteiger partial charge in [0.25, 0.3) is 0 Å². The van der Waals surface area contributed by atoms with Crippen LogP contribution in [0.3, 0.4) is 0 Å². The minimum Gasteiger partial charge on any atom is -0.321 e. The predicted octanol–water partition coefficient (Wildman–Crippen LogP) is 0.685. The van der Waals surface area contributed by atoms with Gasteiger partial charge < -0.3 is 4.90 Å². The summed E-state index contributed by atoms with van der Waals surface area (Å²) in [4.78, 5) is 36.1. The normalized spacial score (nSPS) is 28.2. The molecule has 3 amide bonds. The molecule has 0 aromatic rings. The van der Waals surface area contributed by atoms with Gasteiger partial charge in [0.2, 0.25) is 23.6 Å². The minimum atomic E-state index is -2.70. The topological polar surface area (TPSA) is 66.5 Å². The lowest BCUT2D eigenvalue weighted by atomic mass is 9.85. The van der Waals surface area contributed by atoms with Crippen LogP contribution in [0.5, 0.6) is 0 Å². The molecule has 0 aromatic carbocycles. The molecular weight excluding hydrogens is 258 g/mol. The van der Waals surface area contributed by atoms with Crippen molar-refractivity contribution < 1.29 is 23.2 Å². The van der Waals surface area contributed by atoms with Crippen LogP contribution in [0.1, 0.15) is 32.6 Å². The Kier molecular flexibility index (Phi) is 3.56. The van der Waals surface area contributed by atoms with Gasteiger partial charge in [0.15, 0.2) is 0 Å². The number of halogens is 2. The van der Waals surface area contributed by atoms with E-state index in [4.69, 9.17) is 0 Å². The first-order chi connectivity index (χ1) is 8.80. The lowest BCUT2D eigenvalue weighted by molar-refractivity contribution is -0.153. The first-order valence-electron chi connectivity index (χ1n) is 6.32. The van der Waals surface area contributed by atoms with Crippen LogP contribution in [0.15, 0.2) is 0 Å². The van der Waals surface area contributed by atoms with Crippen LogP contribution in [-0.4, -0.2) is 41.1 Å². The van der Waals surface area contributed by atoms with Crippen molar-refractivity contribution in [1.29, 1.82) is 0 Å². The predicted molar refractivity (Wildman–Crippen MR) is 61.2 cm³/mol. The maximum Gasteiger partial charge on any atom is 0.249 e. The molecule has 1 heterocycles. The fourth-order valence-corrected chi connectivity index (χ4v) is 2.50. The summed E-state index contributed by atoms with van der Waals surface area (Å²) in [6.07, 6.45) is -0.423. The zero-order chi connectivity index (χ0) is 14.2. The van der Waals surface area contributed by atoms with Crippen LogP contribution in [0.2, 0.25) is 0 Å². The van der Waals surface area contributed by atoms with Crippen molar-refractivity contribution in [3.63, 3.8) is 0 Å². The van der Waals surface area contributed by atoms with Crippen LogP contribution in [0, 0.1) is 5.92 Å². The van der Waals surface area contributed by atoms with Crippen molar-refractivity contribution in [1.82, 2.24) is 10.2 Å². The second-order valence-corrected chi connectivity index (χ2v) is 5.18. The van der Waals surface area contributed by atoms with Gasteiger partial charge in [-0.2, -0.15) is 0 Å². The molecule has 7 heteroatoms. The van der Waals surface area contributed by atoms with E-state index in [9.17, 15) is 23.2 Å². The van der Waals surface area contributed by atoms with Gasteiger partial charge in [0.05, 0.1) is 0 Å². The Morgan fingerprint density at radius 1 is 1.32 bits per heavy atom. The smallest absolute Gasteiger partial charge is 0.249 e.